The highest BCUT2D eigenvalue weighted by Gasteiger charge is 2.42. The molecule has 8 heteroatoms. The number of benzene rings is 3. The van der Waals surface area contributed by atoms with Gasteiger partial charge in [-0.2, -0.15) is 0 Å². The van der Waals surface area contributed by atoms with Crippen molar-refractivity contribution in [1.82, 2.24) is 9.97 Å². The van der Waals surface area contributed by atoms with Gasteiger partial charge in [-0.1, -0.05) is 37.3 Å². The van der Waals surface area contributed by atoms with Gasteiger partial charge in [0.25, 0.3) is 0 Å². The van der Waals surface area contributed by atoms with E-state index >= 15 is 4.39 Å². The van der Waals surface area contributed by atoms with Gasteiger partial charge in [0.15, 0.2) is 11.6 Å². The zero-order chi connectivity index (χ0) is 29.7. The summed E-state index contributed by atoms with van der Waals surface area (Å²) < 4.78 is 51.5. The van der Waals surface area contributed by atoms with E-state index in [9.17, 15) is 8.78 Å². The minimum atomic E-state index is -0.757. The van der Waals surface area contributed by atoms with Crippen LogP contribution < -0.4 is 10.1 Å². The fourth-order valence-corrected chi connectivity index (χ4v) is 7.03. The van der Waals surface area contributed by atoms with E-state index in [2.05, 4.69) is 27.1 Å². The molecule has 2 aromatic heterocycles. The van der Waals surface area contributed by atoms with Gasteiger partial charge in [-0.15, -0.1) is 0 Å². The average Bonchev–Trinajstić information content (AvgIpc) is 3.44. The Morgan fingerprint density at radius 1 is 0.930 bits per heavy atom. The summed E-state index contributed by atoms with van der Waals surface area (Å²) in [5, 5.41) is 3.67. The third-order valence-corrected chi connectivity index (χ3v) is 9.24. The highest BCUT2D eigenvalue weighted by atomic mass is 19.1. The molecule has 2 atom stereocenters. The van der Waals surface area contributed by atoms with E-state index in [0.717, 1.165) is 18.9 Å². The van der Waals surface area contributed by atoms with Crippen molar-refractivity contribution in [3.8, 4) is 33.9 Å². The number of nitrogens with zero attached hydrogens (tertiary/aromatic N) is 2. The van der Waals surface area contributed by atoms with Gasteiger partial charge in [0.2, 0.25) is 5.69 Å². The van der Waals surface area contributed by atoms with Crippen LogP contribution in [0.2, 0.25) is 0 Å². The first-order chi connectivity index (χ1) is 20.9. The Bertz CT molecular complexity index is 1850. The predicted octanol–water partition coefficient (Wildman–Crippen LogP) is 9.89. The maximum Gasteiger partial charge on any atom is 0.223 e. The summed E-state index contributed by atoms with van der Waals surface area (Å²) in [5.41, 5.74) is 1.08. The van der Waals surface area contributed by atoms with E-state index in [-0.39, 0.29) is 39.7 Å². The molecule has 0 unspecified atom stereocenters. The molecule has 0 radical (unpaired) electrons. The van der Waals surface area contributed by atoms with Crippen molar-refractivity contribution in [2.24, 2.45) is 17.8 Å². The summed E-state index contributed by atoms with van der Waals surface area (Å²) in [6.45, 7) is 10.3. The van der Waals surface area contributed by atoms with Crippen molar-refractivity contribution in [3.05, 3.63) is 102 Å². The quantitative estimate of drug-likeness (QED) is 0.197. The Hall–Kier alpha value is -4.77. The smallest absolute Gasteiger partial charge is 0.223 e. The second-order valence-corrected chi connectivity index (χ2v) is 11.6. The van der Waals surface area contributed by atoms with Crippen LogP contribution in [-0.2, 0) is 0 Å². The van der Waals surface area contributed by atoms with Crippen molar-refractivity contribution in [2.45, 2.75) is 38.6 Å². The molecule has 2 N–H and O–H groups in total. The topological polar surface area (TPSA) is 54.3 Å². The standard InChI is InChI=1S/C35H29F3N4O/c1-19-20-8-10-22(11-9-20)31(19)41-35-30(38)29(21-12-14-25(15-13-21)43-24-6-4-3-5-7-24)34(39-2)33(42-35)27-18-40-32-26(27)16-23(36)17-28(32)37/h3-7,12-20,22,31,40H,8-11H2,1H3,(H,41,42)/t19-,20?,22?,31+/m0/s1. The first kappa shape index (κ1) is 27.1. The van der Waals surface area contributed by atoms with Crippen LogP contribution in [0.5, 0.6) is 11.5 Å². The van der Waals surface area contributed by atoms with Crippen LogP contribution in [0.15, 0.2) is 72.9 Å². The number of anilines is 1. The number of ether oxygens (including phenoxy) is 1. The Morgan fingerprint density at radius 2 is 1.63 bits per heavy atom. The molecule has 0 spiro atoms. The molecule has 8 rings (SSSR count). The molecule has 0 aliphatic heterocycles. The van der Waals surface area contributed by atoms with Crippen LogP contribution in [0.1, 0.15) is 32.6 Å². The van der Waals surface area contributed by atoms with Crippen molar-refractivity contribution in [3.63, 3.8) is 0 Å². The first-order valence-electron chi connectivity index (χ1n) is 14.6. The Kier molecular flexibility index (Phi) is 6.81. The number of nitrogens with one attached hydrogen (secondary N) is 2. The highest BCUT2D eigenvalue weighted by molar-refractivity contribution is 6.01. The van der Waals surface area contributed by atoms with Gasteiger partial charge in [-0.05, 0) is 79.3 Å². The largest absolute Gasteiger partial charge is 0.457 e. The van der Waals surface area contributed by atoms with Crippen molar-refractivity contribution >= 4 is 22.4 Å². The zero-order valence-electron chi connectivity index (χ0n) is 23.5. The molecule has 0 amide bonds. The monoisotopic (exact) mass is 578 g/mol. The van der Waals surface area contributed by atoms with Crippen LogP contribution in [0, 0.1) is 41.8 Å². The summed E-state index contributed by atoms with van der Waals surface area (Å²) in [6.07, 6.45) is 6.02. The van der Waals surface area contributed by atoms with E-state index in [0.29, 0.717) is 40.4 Å². The van der Waals surface area contributed by atoms with Crippen LogP contribution in [0.25, 0.3) is 38.1 Å². The summed E-state index contributed by atoms with van der Waals surface area (Å²) >= 11 is 0. The van der Waals surface area contributed by atoms with Crippen LogP contribution in [-0.4, -0.2) is 16.0 Å². The van der Waals surface area contributed by atoms with Gasteiger partial charge in [0.05, 0.1) is 17.8 Å². The highest BCUT2D eigenvalue weighted by Crippen LogP contribution is 2.48. The maximum absolute atomic E-state index is 16.6. The van der Waals surface area contributed by atoms with Gasteiger partial charge in [0, 0.05) is 34.8 Å². The molecule has 2 bridgehead atoms. The summed E-state index contributed by atoms with van der Waals surface area (Å²) in [7, 11) is 0. The maximum atomic E-state index is 16.6. The van der Waals surface area contributed by atoms with Gasteiger partial charge in [-0.25, -0.2) is 23.0 Å². The molecule has 3 aliphatic carbocycles. The fourth-order valence-electron chi connectivity index (χ4n) is 7.03. The Morgan fingerprint density at radius 3 is 2.33 bits per heavy atom. The van der Waals surface area contributed by atoms with Crippen LogP contribution in [0.3, 0.4) is 0 Å². The van der Waals surface area contributed by atoms with E-state index < -0.39 is 17.5 Å². The van der Waals surface area contributed by atoms with Crippen molar-refractivity contribution < 1.29 is 17.9 Å². The van der Waals surface area contributed by atoms with Gasteiger partial charge >= 0.3 is 0 Å². The summed E-state index contributed by atoms with van der Waals surface area (Å²) in [6, 6.07) is 18.2. The lowest BCUT2D eigenvalue weighted by atomic mass is 9.62. The van der Waals surface area contributed by atoms with E-state index in [1.807, 2.05) is 30.3 Å². The minimum Gasteiger partial charge on any atom is -0.457 e. The van der Waals surface area contributed by atoms with Crippen molar-refractivity contribution in [2.75, 3.05) is 5.32 Å². The number of halogens is 3. The third-order valence-electron chi connectivity index (χ3n) is 9.24. The number of H-pyrrole nitrogens is 1. The molecule has 3 aliphatic rings. The number of hydrogen-bond donors (Lipinski definition) is 2. The lowest BCUT2D eigenvalue weighted by Gasteiger charge is -2.47. The van der Waals surface area contributed by atoms with E-state index in [1.165, 1.54) is 25.1 Å². The zero-order valence-corrected chi connectivity index (χ0v) is 23.5. The second kappa shape index (κ2) is 10.8. The summed E-state index contributed by atoms with van der Waals surface area (Å²) in [5.74, 6) is 0.437. The number of fused-ring (bicyclic) bond motifs is 4. The number of rotatable bonds is 6. The molecule has 0 saturated heterocycles. The molecule has 43 heavy (non-hydrogen) atoms. The predicted molar refractivity (Wildman–Crippen MR) is 162 cm³/mol. The lowest BCUT2D eigenvalue weighted by molar-refractivity contribution is 0.0926. The molecule has 2 heterocycles. The summed E-state index contributed by atoms with van der Waals surface area (Å²) in [4.78, 5) is 11.3. The van der Waals surface area contributed by atoms with Gasteiger partial charge < -0.3 is 15.0 Å². The van der Waals surface area contributed by atoms with Gasteiger partial charge in [-0.3, -0.25) is 0 Å². The SMILES string of the molecule is [C-]#[N+]c1c(-c2c[nH]c3c(F)cc(F)cc23)nc(N[C@H]2C3CCC(CC3)[C@@H]2C)c(F)c1-c1ccc(Oc2ccccc2)cc1. The van der Waals surface area contributed by atoms with E-state index in [1.54, 1.807) is 24.3 Å². The number of hydrogen-bond acceptors (Lipinski definition) is 3. The Labute approximate surface area is 247 Å². The molecular formula is C35H29F3N4O. The molecule has 5 nitrogen and oxygen atoms in total. The molecule has 3 fully saturated rings. The second-order valence-electron chi connectivity index (χ2n) is 11.6. The molecule has 216 valence electrons. The average molecular weight is 579 g/mol. The lowest BCUT2D eigenvalue weighted by Crippen LogP contribution is -2.47. The number of aromatic amines is 1. The number of para-hydroxylation sites is 1. The molecule has 5 aromatic rings. The molecule has 3 aromatic carbocycles. The Balaban J connectivity index is 1.38. The third kappa shape index (κ3) is 4.79. The molecule has 3 saturated carbocycles. The van der Waals surface area contributed by atoms with Gasteiger partial charge in [0.1, 0.15) is 23.1 Å². The normalized spacial score (nSPS) is 21.1. The minimum absolute atomic E-state index is 0.0356. The van der Waals surface area contributed by atoms with E-state index in [4.69, 9.17) is 11.3 Å². The fraction of sp³-hybridized carbons (Fsp3) is 0.257. The van der Waals surface area contributed by atoms with Crippen LogP contribution in [0.4, 0.5) is 24.7 Å². The number of aromatic nitrogens is 2. The number of pyridine rings is 1. The first-order valence-corrected chi connectivity index (χ1v) is 14.6. The van der Waals surface area contributed by atoms with Crippen molar-refractivity contribution in [1.29, 1.82) is 0 Å². The molecular weight excluding hydrogens is 549 g/mol. The van der Waals surface area contributed by atoms with Crippen LogP contribution >= 0.6 is 0 Å².